The molecule has 1 aromatic rings. The molecule has 2 atom stereocenters. The predicted molar refractivity (Wildman–Crippen MR) is 84.3 cm³/mol. The van der Waals surface area contributed by atoms with Crippen LogP contribution in [-0.4, -0.2) is 28.0 Å². The summed E-state index contributed by atoms with van der Waals surface area (Å²) in [6.45, 7) is 2.60. The van der Waals surface area contributed by atoms with Gasteiger partial charge in [-0.1, -0.05) is 12.8 Å². The number of nitrogens with zero attached hydrogens (tertiary/aromatic N) is 1. The number of imidazole rings is 1. The van der Waals surface area contributed by atoms with Crippen LogP contribution in [-0.2, 0) is 11.2 Å². The highest BCUT2D eigenvalue weighted by molar-refractivity contribution is 5.85. The number of hydrogen-bond donors (Lipinski definition) is 3. The van der Waals surface area contributed by atoms with Gasteiger partial charge in [-0.25, -0.2) is 4.98 Å². The fourth-order valence-electron chi connectivity index (χ4n) is 2.65. The minimum atomic E-state index is -0.354. The molecule has 1 aromatic heterocycles. The quantitative estimate of drug-likeness (QED) is 0.790. The maximum atomic E-state index is 12.1. The van der Waals surface area contributed by atoms with E-state index in [2.05, 4.69) is 15.3 Å². The summed E-state index contributed by atoms with van der Waals surface area (Å²) in [5.41, 5.74) is 5.86. The van der Waals surface area contributed by atoms with Crippen LogP contribution in [0.3, 0.4) is 0 Å². The number of H-pyrrole nitrogens is 1. The minimum Gasteiger partial charge on any atom is -0.355 e. The Kier molecular flexibility index (Phi) is 8.16. The van der Waals surface area contributed by atoms with Crippen molar-refractivity contribution in [3.8, 4) is 0 Å². The normalized spacial score (nSPS) is 25.2. The summed E-state index contributed by atoms with van der Waals surface area (Å²) in [4.78, 5) is 19.3. The number of aromatic nitrogens is 2. The molecule has 4 N–H and O–H groups in total. The number of nitrogens with two attached hydrogens (primary N) is 1. The van der Waals surface area contributed by atoms with Gasteiger partial charge in [-0.05, 0) is 19.8 Å². The Balaban J connectivity index is 0.00000180. The third-order valence-electron chi connectivity index (χ3n) is 3.79. The molecule has 0 aromatic carbocycles. The van der Waals surface area contributed by atoms with Gasteiger partial charge in [0.1, 0.15) is 5.82 Å². The zero-order valence-corrected chi connectivity index (χ0v) is 13.4. The Morgan fingerprint density at radius 3 is 2.90 bits per heavy atom. The van der Waals surface area contributed by atoms with Crippen molar-refractivity contribution in [3.05, 3.63) is 18.2 Å². The average Bonchev–Trinajstić information content (AvgIpc) is 2.81. The summed E-state index contributed by atoms with van der Waals surface area (Å²) in [7, 11) is 0. The SMILES string of the molecule is CC1(N)CCCCC1C(=O)NCCc1ncc[nH]1.Cl.Cl. The summed E-state index contributed by atoms with van der Waals surface area (Å²) in [5.74, 6) is 0.934. The summed E-state index contributed by atoms with van der Waals surface area (Å²) in [6, 6.07) is 0. The van der Waals surface area contributed by atoms with Crippen molar-refractivity contribution in [1.29, 1.82) is 0 Å². The molecular weight excluding hydrogens is 299 g/mol. The van der Waals surface area contributed by atoms with Crippen LogP contribution in [0.1, 0.15) is 38.4 Å². The van der Waals surface area contributed by atoms with Crippen LogP contribution in [0.5, 0.6) is 0 Å². The number of rotatable bonds is 4. The van der Waals surface area contributed by atoms with Crippen molar-refractivity contribution in [2.45, 2.75) is 44.6 Å². The lowest BCUT2D eigenvalue weighted by Gasteiger charge is -2.37. The summed E-state index contributed by atoms with van der Waals surface area (Å²) >= 11 is 0. The number of nitrogens with one attached hydrogen (secondary N) is 2. The van der Waals surface area contributed by atoms with Crippen molar-refractivity contribution in [2.75, 3.05) is 6.54 Å². The summed E-state index contributed by atoms with van der Waals surface area (Å²) in [6.07, 6.45) is 8.30. The molecule has 116 valence electrons. The molecule has 5 nitrogen and oxygen atoms in total. The number of aromatic amines is 1. The van der Waals surface area contributed by atoms with Crippen LogP contribution in [0.2, 0.25) is 0 Å². The largest absolute Gasteiger partial charge is 0.355 e. The van der Waals surface area contributed by atoms with Crippen LogP contribution in [0.25, 0.3) is 0 Å². The number of carbonyl (C=O) groups is 1. The number of halogens is 2. The van der Waals surface area contributed by atoms with E-state index in [1.165, 1.54) is 0 Å². The van der Waals surface area contributed by atoms with E-state index in [1.807, 2.05) is 6.92 Å². The highest BCUT2D eigenvalue weighted by Crippen LogP contribution is 2.31. The Hall–Kier alpha value is -0.780. The van der Waals surface area contributed by atoms with Gasteiger partial charge in [0.15, 0.2) is 0 Å². The fraction of sp³-hybridized carbons (Fsp3) is 0.692. The maximum Gasteiger partial charge on any atom is 0.224 e. The lowest BCUT2D eigenvalue weighted by atomic mass is 9.74. The molecule has 1 fully saturated rings. The molecule has 0 bridgehead atoms. The van der Waals surface area contributed by atoms with Crippen molar-refractivity contribution in [3.63, 3.8) is 0 Å². The third kappa shape index (κ3) is 4.96. The molecule has 1 heterocycles. The molecule has 1 saturated carbocycles. The standard InChI is InChI=1S/C13H22N4O.2ClH/c1-13(14)6-3-2-4-10(13)12(18)17-7-5-11-15-8-9-16-11;;/h8-10H,2-7,14H2,1H3,(H,15,16)(H,17,18);2*1H. The van der Waals surface area contributed by atoms with E-state index in [0.717, 1.165) is 37.9 Å². The molecule has 0 saturated heterocycles. The molecule has 0 spiro atoms. The molecule has 1 aliphatic carbocycles. The fourth-order valence-corrected chi connectivity index (χ4v) is 2.65. The lowest BCUT2D eigenvalue weighted by Crippen LogP contribution is -2.53. The molecular formula is C13H24Cl2N4O. The maximum absolute atomic E-state index is 12.1. The molecule has 20 heavy (non-hydrogen) atoms. The molecule has 0 radical (unpaired) electrons. The monoisotopic (exact) mass is 322 g/mol. The molecule has 1 amide bonds. The lowest BCUT2D eigenvalue weighted by molar-refractivity contribution is -0.128. The second kappa shape index (κ2) is 8.49. The van der Waals surface area contributed by atoms with Gasteiger partial charge < -0.3 is 16.0 Å². The minimum absolute atomic E-state index is 0. The van der Waals surface area contributed by atoms with Crippen molar-refractivity contribution in [2.24, 2.45) is 11.7 Å². The van der Waals surface area contributed by atoms with Crippen LogP contribution < -0.4 is 11.1 Å². The van der Waals surface area contributed by atoms with E-state index < -0.39 is 0 Å². The van der Waals surface area contributed by atoms with Gasteiger partial charge in [-0.2, -0.15) is 0 Å². The smallest absolute Gasteiger partial charge is 0.224 e. The van der Waals surface area contributed by atoms with Crippen LogP contribution in [0, 0.1) is 5.92 Å². The number of amides is 1. The van der Waals surface area contributed by atoms with Crippen molar-refractivity contribution >= 4 is 30.7 Å². The molecule has 2 unspecified atom stereocenters. The highest BCUT2D eigenvalue weighted by atomic mass is 35.5. The Bertz CT molecular complexity index is 395. The average molecular weight is 323 g/mol. The Morgan fingerprint density at radius 1 is 1.55 bits per heavy atom. The molecule has 1 aliphatic rings. The molecule has 2 rings (SSSR count). The van der Waals surface area contributed by atoms with Crippen molar-refractivity contribution < 1.29 is 4.79 Å². The van der Waals surface area contributed by atoms with Gasteiger partial charge in [0, 0.05) is 30.9 Å². The van der Waals surface area contributed by atoms with Gasteiger partial charge in [-0.3, -0.25) is 4.79 Å². The molecule has 0 aliphatic heterocycles. The van der Waals surface area contributed by atoms with E-state index in [1.54, 1.807) is 12.4 Å². The van der Waals surface area contributed by atoms with E-state index in [4.69, 9.17) is 5.73 Å². The van der Waals surface area contributed by atoms with E-state index in [-0.39, 0.29) is 42.2 Å². The number of carbonyl (C=O) groups excluding carboxylic acids is 1. The first-order valence-corrected chi connectivity index (χ1v) is 6.64. The van der Waals surface area contributed by atoms with Gasteiger partial charge in [-0.15, -0.1) is 24.8 Å². The van der Waals surface area contributed by atoms with Gasteiger partial charge in [0.05, 0.1) is 5.92 Å². The van der Waals surface area contributed by atoms with Gasteiger partial charge in [0.2, 0.25) is 5.91 Å². The zero-order chi connectivity index (χ0) is 13.0. The first kappa shape index (κ1) is 19.2. The van der Waals surface area contributed by atoms with E-state index in [0.29, 0.717) is 6.54 Å². The van der Waals surface area contributed by atoms with Gasteiger partial charge >= 0.3 is 0 Å². The van der Waals surface area contributed by atoms with Crippen LogP contribution >= 0.6 is 24.8 Å². The first-order chi connectivity index (χ1) is 8.59. The van der Waals surface area contributed by atoms with E-state index in [9.17, 15) is 4.79 Å². The number of hydrogen-bond acceptors (Lipinski definition) is 3. The van der Waals surface area contributed by atoms with Gasteiger partial charge in [0.25, 0.3) is 0 Å². The second-order valence-corrected chi connectivity index (χ2v) is 5.38. The summed E-state index contributed by atoms with van der Waals surface area (Å²) < 4.78 is 0. The first-order valence-electron chi connectivity index (χ1n) is 6.64. The van der Waals surface area contributed by atoms with Crippen molar-refractivity contribution in [1.82, 2.24) is 15.3 Å². The third-order valence-corrected chi connectivity index (χ3v) is 3.79. The zero-order valence-electron chi connectivity index (χ0n) is 11.7. The second-order valence-electron chi connectivity index (χ2n) is 5.38. The Labute approximate surface area is 132 Å². The summed E-state index contributed by atoms with van der Waals surface area (Å²) in [5, 5.41) is 2.97. The topological polar surface area (TPSA) is 83.8 Å². The van der Waals surface area contributed by atoms with Crippen LogP contribution in [0.4, 0.5) is 0 Å². The highest BCUT2D eigenvalue weighted by Gasteiger charge is 2.37. The molecule has 7 heteroatoms. The predicted octanol–water partition coefficient (Wildman–Crippen LogP) is 1.82. The van der Waals surface area contributed by atoms with E-state index >= 15 is 0 Å². The Morgan fingerprint density at radius 2 is 2.30 bits per heavy atom. The van der Waals surface area contributed by atoms with Crippen LogP contribution in [0.15, 0.2) is 12.4 Å².